The number of alkyl halides is 4. The molecule has 3 nitrogen and oxygen atoms in total. The first-order valence-corrected chi connectivity index (χ1v) is 8.93. The number of amides is 1. The monoisotopic (exact) mass is 451 g/mol. The third-order valence-corrected chi connectivity index (χ3v) is 6.83. The van der Waals surface area contributed by atoms with E-state index in [1.807, 2.05) is 0 Å². The van der Waals surface area contributed by atoms with E-state index in [-0.39, 0.29) is 5.91 Å². The van der Waals surface area contributed by atoms with E-state index in [0.717, 1.165) is 11.9 Å². The maximum absolute atomic E-state index is 12.7. The van der Waals surface area contributed by atoms with Crippen molar-refractivity contribution in [3.05, 3.63) is 28.2 Å². The van der Waals surface area contributed by atoms with Gasteiger partial charge >= 0.3 is 0 Å². The minimum atomic E-state index is -1.59. The van der Waals surface area contributed by atoms with Crippen molar-refractivity contribution in [2.45, 2.75) is 28.1 Å². The van der Waals surface area contributed by atoms with Crippen molar-refractivity contribution in [3.8, 4) is 5.75 Å². The Balaban J connectivity index is 2.43. The van der Waals surface area contributed by atoms with Crippen molar-refractivity contribution in [2.75, 3.05) is 0 Å². The molecule has 0 fully saturated rings. The summed E-state index contributed by atoms with van der Waals surface area (Å²) in [5, 5.41) is 0. The molecule has 0 aromatic heterocycles. The maximum Gasteiger partial charge on any atom is 0.272 e. The molecule has 0 spiro atoms. The molecule has 1 amide bonds. The number of rotatable bonds is 3. The second-order valence-corrected chi connectivity index (χ2v) is 9.69. The van der Waals surface area contributed by atoms with Gasteiger partial charge in [0.25, 0.3) is 5.91 Å². The Morgan fingerprint density at radius 3 is 2.57 bits per heavy atom. The van der Waals surface area contributed by atoms with E-state index < -0.39 is 14.2 Å². The molecule has 0 bridgehead atoms. The number of hydrogen-bond acceptors (Lipinski definition) is 3. The van der Waals surface area contributed by atoms with Crippen molar-refractivity contribution in [1.82, 2.24) is 4.31 Å². The summed E-state index contributed by atoms with van der Waals surface area (Å²) in [5.41, 5.74) is -0.568. The lowest BCUT2D eigenvalue weighted by molar-refractivity contribution is -0.00338. The van der Waals surface area contributed by atoms with Crippen molar-refractivity contribution < 1.29 is 9.53 Å². The van der Waals surface area contributed by atoms with Crippen LogP contribution >= 0.6 is 74.3 Å². The number of carbonyl (C=O) groups excluding carboxylic acids is 1. The molecule has 0 saturated carbocycles. The fourth-order valence-electron chi connectivity index (χ4n) is 1.77. The summed E-state index contributed by atoms with van der Waals surface area (Å²) in [5.74, 6) is 0.192. The van der Waals surface area contributed by atoms with Crippen LogP contribution in [0.1, 0.15) is 24.2 Å². The van der Waals surface area contributed by atoms with Gasteiger partial charge in [0.2, 0.25) is 3.67 Å². The predicted molar refractivity (Wildman–Crippen MR) is 92.5 cm³/mol. The molecule has 0 saturated heterocycles. The van der Waals surface area contributed by atoms with Gasteiger partial charge in [-0.1, -0.05) is 29.3 Å². The lowest BCUT2D eigenvalue weighted by Gasteiger charge is -2.43. The molecule has 116 valence electrons. The smallest absolute Gasteiger partial charge is 0.272 e. The van der Waals surface area contributed by atoms with E-state index in [4.69, 9.17) is 51.1 Å². The first kappa shape index (κ1) is 17.8. The topological polar surface area (TPSA) is 29.5 Å². The van der Waals surface area contributed by atoms with Gasteiger partial charge in [0.15, 0.2) is 10.6 Å². The highest BCUT2D eigenvalue weighted by molar-refractivity contribution is 9.10. The summed E-state index contributed by atoms with van der Waals surface area (Å²) in [4.78, 5) is 11.7. The summed E-state index contributed by atoms with van der Waals surface area (Å²) in [6.45, 7) is 3.45. The Labute approximate surface area is 155 Å². The number of benzene rings is 1. The minimum absolute atomic E-state index is 0.293. The van der Waals surface area contributed by atoms with Crippen LogP contribution in [-0.4, -0.2) is 24.4 Å². The Morgan fingerprint density at radius 2 is 2.00 bits per heavy atom. The Bertz CT molecular complexity index is 582. The van der Waals surface area contributed by atoms with Crippen molar-refractivity contribution in [1.29, 1.82) is 0 Å². The largest absolute Gasteiger partial charge is 0.467 e. The zero-order valence-corrected chi connectivity index (χ0v) is 16.3. The standard InChI is InChI=1S/C12H10BrCl4NO2S/c1-11(2)18(21-12(16,17)10(14)15)9(19)8-6(13)4-3-5-7(8)20-11/h3-5,10H,1-2H3. The molecule has 0 atom stereocenters. The molecular formula is C12H10BrCl4NO2S. The first-order valence-electron chi connectivity index (χ1n) is 5.73. The molecule has 2 rings (SSSR count). The van der Waals surface area contributed by atoms with Crippen LogP contribution in [0.3, 0.4) is 0 Å². The molecule has 1 aromatic rings. The molecular weight excluding hydrogens is 444 g/mol. The highest BCUT2D eigenvalue weighted by atomic mass is 79.9. The van der Waals surface area contributed by atoms with Crippen LogP contribution in [0.5, 0.6) is 5.75 Å². The van der Waals surface area contributed by atoms with Crippen LogP contribution in [0, 0.1) is 0 Å². The number of hydrogen-bond donors (Lipinski definition) is 0. The quantitative estimate of drug-likeness (QED) is 0.440. The zero-order chi connectivity index (χ0) is 16.0. The van der Waals surface area contributed by atoms with Crippen LogP contribution < -0.4 is 4.74 Å². The lowest BCUT2D eigenvalue weighted by Crippen LogP contribution is -2.52. The first-order chi connectivity index (χ1) is 9.56. The second kappa shape index (κ2) is 6.17. The average molecular weight is 454 g/mol. The minimum Gasteiger partial charge on any atom is -0.467 e. The normalized spacial score (nSPS) is 17.7. The summed E-state index contributed by atoms with van der Waals surface area (Å²) < 4.78 is 6.23. The average Bonchev–Trinajstić information content (AvgIpc) is 2.33. The van der Waals surface area contributed by atoms with Gasteiger partial charge in [0.1, 0.15) is 5.75 Å². The van der Waals surface area contributed by atoms with Gasteiger partial charge in [-0.05, 0) is 53.9 Å². The van der Waals surface area contributed by atoms with E-state index >= 15 is 0 Å². The second-order valence-electron chi connectivity index (χ2n) is 4.72. The molecule has 1 aliphatic heterocycles. The van der Waals surface area contributed by atoms with E-state index in [1.165, 1.54) is 4.31 Å². The van der Waals surface area contributed by atoms with Gasteiger partial charge in [-0.25, -0.2) is 4.31 Å². The van der Waals surface area contributed by atoms with Crippen molar-refractivity contribution in [3.63, 3.8) is 0 Å². The van der Waals surface area contributed by atoms with E-state index in [1.54, 1.807) is 32.0 Å². The van der Waals surface area contributed by atoms with Crippen LogP contribution in [0.2, 0.25) is 0 Å². The van der Waals surface area contributed by atoms with Crippen molar-refractivity contribution >= 4 is 80.2 Å². The lowest BCUT2D eigenvalue weighted by atomic mass is 10.1. The van der Waals surface area contributed by atoms with Gasteiger partial charge < -0.3 is 4.74 Å². The van der Waals surface area contributed by atoms with Crippen LogP contribution in [-0.2, 0) is 0 Å². The molecule has 9 heteroatoms. The van der Waals surface area contributed by atoms with Gasteiger partial charge in [-0.15, -0.1) is 23.2 Å². The van der Waals surface area contributed by atoms with Gasteiger partial charge in [-0.3, -0.25) is 4.79 Å². The molecule has 1 heterocycles. The molecule has 1 aromatic carbocycles. The number of nitrogens with zero attached hydrogens (tertiary/aromatic N) is 1. The van der Waals surface area contributed by atoms with Gasteiger partial charge in [0.05, 0.1) is 5.56 Å². The molecule has 0 aliphatic carbocycles. The third kappa shape index (κ3) is 3.54. The summed E-state index contributed by atoms with van der Waals surface area (Å²) in [6.07, 6.45) is 0. The number of halogens is 5. The van der Waals surface area contributed by atoms with Crippen LogP contribution in [0.25, 0.3) is 0 Å². The molecule has 1 aliphatic rings. The third-order valence-electron chi connectivity index (χ3n) is 2.69. The zero-order valence-electron chi connectivity index (χ0n) is 10.9. The highest BCUT2D eigenvalue weighted by Gasteiger charge is 2.47. The summed E-state index contributed by atoms with van der Waals surface area (Å²) >= 11 is 27.8. The Kier molecular flexibility index (Phi) is 5.24. The van der Waals surface area contributed by atoms with Gasteiger partial charge in [0, 0.05) is 4.47 Å². The highest BCUT2D eigenvalue weighted by Crippen LogP contribution is 2.49. The number of ether oxygens (including phenoxy) is 1. The number of carbonyl (C=O) groups is 1. The van der Waals surface area contributed by atoms with Gasteiger partial charge in [-0.2, -0.15) is 0 Å². The Hall–Kier alpha value is 0.480. The van der Waals surface area contributed by atoms with Crippen LogP contribution in [0.4, 0.5) is 0 Å². The van der Waals surface area contributed by atoms with E-state index in [2.05, 4.69) is 15.9 Å². The fraction of sp³-hybridized carbons (Fsp3) is 0.417. The van der Waals surface area contributed by atoms with Crippen molar-refractivity contribution in [2.24, 2.45) is 0 Å². The SMILES string of the molecule is CC1(C)Oc2cccc(Br)c2C(=O)N1SC(Cl)(Cl)C(Cl)Cl. The predicted octanol–water partition coefficient (Wildman–Crippen LogP) is 5.60. The summed E-state index contributed by atoms with van der Waals surface area (Å²) in [6, 6.07) is 5.26. The molecule has 21 heavy (non-hydrogen) atoms. The number of fused-ring (bicyclic) bond motifs is 1. The fourth-order valence-corrected chi connectivity index (χ4v) is 3.69. The maximum atomic E-state index is 12.7. The van der Waals surface area contributed by atoms with Crippen LogP contribution in [0.15, 0.2) is 22.7 Å². The summed E-state index contributed by atoms with van der Waals surface area (Å²) in [7, 11) is 0. The molecule has 0 unspecified atom stereocenters. The van der Waals surface area contributed by atoms with E-state index in [0.29, 0.717) is 15.8 Å². The molecule has 0 N–H and O–H groups in total. The Morgan fingerprint density at radius 1 is 1.38 bits per heavy atom. The molecule has 0 radical (unpaired) electrons. The van der Waals surface area contributed by atoms with E-state index in [9.17, 15) is 4.79 Å².